The van der Waals surface area contributed by atoms with E-state index in [4.69, 9.17) is 5.73 Å². The van der Waals surface area contributed by atoms with E-state index in [0.29, 0.717) is 18.7 Å². The number of carbonyl (C=O) groups excluding carboxylic acids is 1. The van der Waals surface area contributed by atoms with Crippen LogP contribution in [0.1, 0.15) is 28.8 Å². The molecule has 1 aromatic rings. The second kappa shape index (κ2) is 7.09. The van der Waals surface area contributed by atoms with Crippen LogP contribution < -0.4 is 5.73 Å². The highest BCUT2D eigenvalue weighted by atomic mass is 16.3. The first-order valence-corrected chi connectivity index (χ1v) is 6.93. The van der Waals surface area contributed by atoms with Crippen molar-refractivity contribution < 1.29 is 9.90 Å². The number of aliphatic hydroxyl groups excluding tert-OH is 1. The fourth-order valence-electron chi connectivity index (χ4n) is 2.46. The van der Waals surface area contributed by atoms with Crippen molar-refractivity contribution in [3.05, 3.63) is 35.4 Å². The van der Waals surface area contributed by atoms with Crippen LogP contribution in [-0.2, 0) is 0 Å². The molecule has 4 heteroatoms. The average Bonchev–Trinajstić information content (AvgIpc) is 2.52. The van der Waals surface area contributed by atoms with Crippen LogP contribution in [0.2, 0.25) is 0 Å². The lowest BCUT2D eigenvalue weighted by atomic mass is 9.98. The third-order valence-corrected chi connectivity index (χ3v) is 3.51. The van der Waals surface area contributed by atoms with Gasteiger partial charge in [0.25, 0.3) is 5.91 Å². The van der Waals surface area contributed by atoms with E-state index in [2.05, 4.69) is 11.8 Å². The van der Waals surface area contributed by atoms with Crippen molar-refractivity contribution in [1.29, 1.82) is 0 Å². The minimum Gasteiger partial charge on any atom is -0.396 e. The summed E-state index contributed by atoms with van der Waals surface area (Å²) < 4.78 is 0. The van der Waals surface area contributed by atoms with Gasteiger partial charge >= 0.3 is 0 Å². The molecule has 0 radical (unpaired) electrons. The summed E-state index contributed by atoms with van der Waals surface area (Å²) in [7, 11) is 0. The van der Waals surface area contributed by atoms with E-state index in [1.54, 1.807) is 12.1 Å². The maximum Gasteiger partial charge on any atom is 0.253 e. The molecule has 0 saturated carbocycles. The van der Waals surface area contributed by atoms with Gasteiger partial charge in [0, 0.05) is 30.8 Å². The number of carbonyl (C=O) groups is 1. The Bertz CT molecular complexity index is 531. The number of hydrogen-bond acceptors (Lipinski definition) is 3. The van der Waals surface area contributed by atoms with Crippen LogP contribution in [0, 0.1) is 17.8 Å². The molecule has 0 spiro atoms. The number of hydrogen-bond donors (Lipinski definition) is 2. The SMILES string of the molecule is NCC#Cc1cccc(C(=O)N2CCCC(CO)C2)c1. The van der Waals surface area contributed by atoms with E-state index in [-0.39, 0.29) is 18.4 Å². The molecule has 0 bridgehead atoms. The van der Waals surface area contributed by atoms with Gasteiger partial charge in [-0.2, -0.15) is 0 Å². The first kappa shape index (κ1) is 14.6. The van der Waals surface area contributed by atoms with Crippen LogP contribution in [-0.4, -0.2) is 42.2 Å². The highest BCUT2D eigenvalue weighted by Crippen LogP contribution is 2.18. The summed E-state index contributed by atoms with van der Waals surface area (Å²) in [5.74, 6) is 5.94. The van der Waals surface area contributed by atoms with Gasteiger partial charge in [-0.25, -0.2) is 0 Å². The number of nitrogens with zero attached hydrogens (tertiary/aromatic N) is 1. The molecule has 1 aliphatic heterocycles. The van der Waals surface area contributed by atoms with Gasteiger partial charge in [-0.1, -0.05) is 17.9 Å². The number of benzene rings is 1. The van der Waals surface area contributed by atoms with Crippen molar-refractivity contribution in [3.8, 4) is 11.8 Å². The highest BCUT2D eigenvalue weighted by Gasteiger charge is 2.23. The van der Waals surface area contributed by atoms with Gasteiger partial charge in [0.05, 0.1) is 6.54 Å². The molecule has 0 aromatic heterocycles. The first-order valence-electron chi connectivity index (χ1n) is 6.93. The van der Waals surface area contributed by atoms with Gasteiger partial charge < -0.3 is 15.7 Å². The van der Waals surface area contributed by atoms with Crippen molar-refractivity contribution in [2.45, 2.75) is 12.8 Å². The topological polar surface area (TPSA) is 66.6 Å². The van der Waals surface area contributed by atoms with E-state index in [1.807, 2.05) is 17.0 Å². The summed E-state index contributed by atoms with van der Waals surface area (Å²) in [6.45, 7) is 1.84. The molecular formula is C16H20N2O2. The summed E-state index contributed by atoms with van der Waals surface area (Å²) in [4.78, 5) is 14.3. The number of aliphatic hydroxyl groups is 1. The highest BCUT2D eigenvalue weighted by molar-refractivity contribution is 5.94. The van der Waals surface area contributed by atoms with Crippen LogP contribution >= 0.6 is 0 Å². The zero-order valence-corrected chi connectivity index (χ0v) is 11.5. The van der Waals surface area contributed by atoms with Gasteiger partial charge in [-0.3, -0.25) is 4.79 Å². The van der Waals surface area contributed by atoms with Gasteiger partial charge in [0.2, 0.25) is 0 Å². The second-order valence-corrected chi connectivity index (χ2v) is 5.03. The molecule has 4 nitrogen and oxygen atoms in total. The van der Waals surface area contributed by atoms with E-state index < -0.39 is 0 Å². The lowest BCUT2D eigenvalue weighted by molar-refractivity contribution is 0.0620. The van der Waals surface area contributed by atoms with E-state index >= 15 is 0 Å². The van der Waals surface area contributed by atoms with Crippen LogP contribution in [0.15, 0.2) is 24.3 Å². The van der Waals surface area contributed by atoms with Crippen molar-refractivity contribution >= 4 is 5.91 Å². The third-order valence-electron chi connectivity index (χ3n) is 3.51. The normalized spacial score (nSPS) is 18.3. The maximum atomic E-state index is 12.5. The van der Waals surface area contributed by atoms with Gasteiger partial charge in [-0.15, -0.1) is 0 Å². The molecule has 20 heavy (non-hydrogen) atoms. The molecule has 1 aromatic carbocycles. The fraction of sp³-hybridized carbons (Fsp3) is 0.438. The van der Waals surface area contributed by atoms with Crippen molar-refractivity contribution in [2.75, 3.05) is 26.2 Å². The van der Waals surface area contributed by atoms with Crippen molar-refractivity contribution in [1.82, 2.24) is 4.90 Å². The predicted molar refractivity (Wildman–Crippen MR) is 78.1 cm³/mol. The Morgan fingerprint density at radius 3 is 3.10 bits per heavy atom. The molecule has 3 N–H and O–H groups in total. The number of likely N-dealkylation sites (tertiary alicyclic amines) is 1. The van der Waals surface area contributed by atoms with Crippen LogP contribution in [0.5, 0.6) is 0 Å². The minimum atomic E-state index is 0.0135. The Kier molecular flexibility index (Phi) is 5.16. The summed E-state index contributed by atoms with van der Waals surface area (Å²) in [5.41, 5.74) is 6.80. The number of piperidine rings is 1. The van der Waals surface area contributed by atoms with E-state index in [1.165, 1.54) is 0 Å². The Morgan fingerprint density at radius 2 is 2.35 bits per heavy atom. The number of amides is 1. The predicted octanol–water partition coefficient (Wildman–Crippen LogP) is 0.841. The first-order chi connectivity index (χ1) is 9.74. The zero-order valence-electron chi connectivity index (χ0n) is 11.5. The van der Waals surface area contributed by atoms with Crippen LogP contribution in [0.3, 0.4) is 0 Å². The molecule has 2 rings (SSSR count). The Morgan fingerprint density at radius 1 is 1.50 bits per heavy atom. The van der Waals surface area contributed by atoms with Crippen LogP contribution in [0.25, 0.3) is 0 Å². The Balaban J connectivity index is 2.12. The molecule has 1 saturated heterocycles. The molecule has 1 atom stereocenters. The molecule has 1 fully saturated rings. The van der Waals surface area contributed by atoms with Gasteiger partial charge in [0.1, 0.15) is 0 Å². The Hall–Kier alpha value is -1.83. The second-order valence-electron chi connectivity index (χ2n) is 5.03. The van der Waals surface area contributed by atoms with Crippen LogP contribution in [0.4, 0.5) is 0 Å². The third kappa shape index (κ3) is 3.60. The average molecular weight is 272 g/mol. The van der Waals surface area contributed by atoms with Crippen molar-refractivity contribution in [3.63, 3.8) is 0 Å². The smallest absolute Gasteiger partial charge is 0.253 e. The maximum absolute atomic E-state index is 12.5. The fourth-order valence-corrected chi connectivity index (χ4v) is 2.46. The molecule has 1 unspecified atom stereocenters. The molecule has 0 aliphatic carbocycles. The van der Waals surface area contributed by atoms with E-state index in [9.17, 15) is 9.90 Å². The summed E-state index contributed by atoms with van der Waals surface area (Å²) in [5, 5.41) is 9.23. The molecule has 1 heterocycles. The molecule has 1 amide bonds. The number of rotatable bonds is 2. The lowest BCUT2D eigenvalue weighted by Gasteiger charge is -2.31. The quantitative estimate of drug-likeness (QED) is 0.784. The zero-order chi connectivity index (χ0) is 14.4. The Labute approximate surface area is 119 Å². The standard InChI is InChI=1S/C16H20N2O2/c17-8-2-5-13-4-1-7-15(10-13)16(20)18-9-3-6-14(11-18)12-19/h1,4,7,10,14,19H,3,6,8-9,11-12,17H2. The van der Waals surface area contributed by atoms with Crippen molar-refractivity contribution in [2.24, 2.45) is 11.7 Å². The molecular weight excluding hydrogens is 252 g/mol. The number of nitrogens with two attached hydrogens (primary N) is 1. The van der Waals surface area contributed by atoms with E-state index in [0.717, 1.165) is 24.9 Å². The summed E-state index contributed by atoms with van der Waals surface area (Å²) in [6.07, 6.45) is 1.94. The summed E-state index contributed by atoms with van der Waals surface area (Å²) in [6, 6.07) is 7.31. The lowest BCUT2D eigenvalue weighted by Crippen LogP contribution is -2.40. The monoisotopic (exact) mass is 272 g/mol. The minimum absolute atomic E-state index is 0.0135. The molecule has 106 valence electrons. The molecule has 1 aliphatic rings. The van der Waals surface area contributed by atoms with Gasteiger partial charge in [-0.05, 0) is 37.0 Å². The summed E-state index contributed by atoms with van der Waals surface area (Å²) >= 11 is 0. The largest absolute Gasteiger partial charge is 0.396 e. The van der Waals surface area contributed by atoms with Gasteiger partial charge in [0.15, 0.2) is 0 Å².